The van der Waals surface area contributed by atoms with E-state index >= 15 is 0 Å². The summed E-state index contributed by atoms with van der Waals surface area (Å²) in [5.41, 5.74) is 3.57. The third-order valence-corrected chi connectivity index (χ3v) is 4.88. The molecule has 2 aromatic heterocycles. The minimum absolute atomic E-state index is 0.0678. The van der Waals surface area contributed by atoms with Gasteiger partial charge in [0.1, 0.15) is 5.75 Å². The lowest BCUT2D eigenvalue weighted by Gasteiger charge is -2.38. The molecule has 0 spiro atoms. The number of carbonyl (C=O) groups is 1. The molecule has 1 aliphatic rings. The van der Waals surface area contributed by atoms with E-state index in [0.717, 1.165) is 22.5 Å². The fraction of sp³-hybridized carbons (Fsp3) is 0.500. The second kappa shape index (κ2) is 7.23. The number of nitrogens with one attached hydrogen (secondary N) is 2. The molecule has 0 unspecified atom stereocenters. The standard InChI is InChI=1S/C18H24N4O3/c1-10-16(11(2)22-21-10)7-17(24)20-18(12-4-14(23)5-12)13-6-15(25-3)9-19-8-13/h6,8-9,12,14,18,23H,4-5,7H2,1-3H3,(H,20,24)(H,21,22)/t12?,14?,18-/m1/s1. The van der Waals surface area contributed by atoms with Crippen LogP contribution in [0.2, 0.25) is 0 Å². The summed E-state index contributed by atoms with van der Waals surface area (Å²) < 4.78 is 5.24. The molecule has 0 radical (unpaired) electrons. The molecule has 7 heteroatoms. The van der Waals surface area contributed by atoms with Crippen molar-refractivity contribution < 1.29 is 14.6 Å². The van der Waals surface area contributed by atoms with Gasteiger partial charge < -0.3 is 15.2 Å². The topological polar surface area (TPSA) is 100 Å². The monoisotopic (exact) mass is 344 g/mol. The van der Waals surface area contributed by atoms with Crippen LogP contribution in [0, 0.1) is 19.8 Å². The lowest BCUT2D eigenvalue weighted by atomic mass is 9.75. The average molecular weight is 344 g/mol. The Kier molecular flexibility index (Phi) is 5.03. The van der Waals surface area contributed by atoms with Gasteiger partial charge in [-0.25, -0.2) is 0 Å². The summed E-state index contributed by atoms with van der Waals surface area (Å²) in [6.07, 6.45) is 4.71. The van der Waals surface area contributed by atoms with Crippen molar-refractivity contribution in [2.24, 2.45) is 5.92 Å². The summed E-state index contributed by atoms with van der Waals surface area (Å²) in [6.45, 7) is 3.80. The highest BCUT2D eigenvalue weighted by atomic mass is 16.5. The van der Waals surface area contributed by atoms with Crippen LogP contribution in [-0.4, -0.2) is 39.4 Å². The van der Waals surface area contributed by atoms with Crippen LogP contribution in [0.5, 0.6) is 5.75 Å². The van der Waals surface area contributed by atoms with Gasteiger partial charge in [-0.05, 0) is 44.2 Å². The van der Waals surface area contributed by atoms with E-state index in [1.165, 1.54) is 0 Å². The minimum Gasteiger partial charge on any atom is -0.495 e. The number of H-pyrrole nitrogens is 1. The van der Waals surface area contributed by atoms with Gasteiger partial charge in [0.15, 0.2) is 0 Å². The van der Waals surface area contributed by atoms with Crippen molar-refractivity contribution in [1.29, 1.82) is 0 Å². The Morgan fingerprint density at radius 2 is 2.20 bits per heavy atom. The van der Waals surface area contributed by atoms with Crippen molar-refractivity contribution in [1.82, 2.24) is 20.5 Å². The Bertz CT molecular complexity index is 733. The van der Waals surface area contributed by atoms with Gasteiger partial charge in [0.25, 0.3) is 0 Å². The quantitative estimate of drug-likeness (QED) is 0.739. The van der Waals surface area contributed by atoms with E-state index in [0.29, 0.717) is 18.6 Å². The van der Waals surface area contributed by atoms with Crippen LogP contribution < -0.4 is 10.1 Å². The molecular formula is C18H24N4O3. The minimum atomic E-state index is -0.290. The number of aryl methyl sites for hydroxylation is 2. The highest BCUT2D eigenvalue weighted by Crippen LogP contribution is 2.38. The molecule has 1 saturated carbocycles. The molecule has 1 amide bonds. The molecule has 1 atom stereocenters. The molecule has 1 aliphatic carbocycles. The van der Waals surface area contributed by atoms with Gasteiger partial charge >= 0.3 is 0 Å². The fourth-order valence-electron chi connectivity index (χ4n) is 3.31. The van der Waals surface area contributed by atoms with Crippen LogP contribution in [-0.2, 0) is 11.2 Å². The zero-order chi connectivity index (χ0) is 18.0. The maximum Gasteiger partial charge on any atom is 0.225 e. The number of rotatable bonds is 6. The lowest BCUT2D eigenvalue weighted by molar-refractivity contribution is -0.122. The largest absolute Gasteiger partial charge is 0.495 e. The van der Waals surface area contributed by atoms with Crippen LogP contribution in [0.3, 0.4) is 0 Å². The van der Waals surface area contributed by atoms with Crippen LogP contribution in [0.1, 0.15) is 41.4 Å². The highest BCUT2D eigenvalue weighted by molar-refractivity contribution is 5.79. The Morgan fingerprint density at radius 1 is 1.44 bits per heavy atom. The normalized spacial score (nSPS) is 20.6. The molecule has 3 N–H and O–H groups in total. The van der Waals surface area contributed by atoms with Gasteiger partial charge in [0, 0.05) is 17.5 Å². The number of hydrogen-bond donors (Lipinski definition) is 3. The molecule has 2 heterocycles. The number of aliphatic hydroxyl groups is 1. The number of methoxy groups -OCH3 is 1. The molecule has 3 rings (SSSR count). The average Bonchev–Trinajstić information content (AvgIpc) is 2.89. The number of nitrogens with zero attached hydrogens (tertiary/aromatic N) is 2. The molecule has 0 aromatic carbocycles. The van der Waals surface area contributed by atoms with Gasteiger partial charge in [-0.1, -0.05) is 0 Å². The zero-order valence-corrected chi connectivity index (χ0v) is 14.7. The van der Waals surface area contributed by atoms with Crippen LogP contribution in [0.4, 0.5) is 0 Å². The Labute approximate surface area is 146 Å². The van der Waals surface area contributed by atoms with Gasteiger partial charge in [-0.15, -0.1) is 0 Å². The first kappa shape index (κ1) is 17.4. The smallest absolute Gasteiger partial charge is 0.225 e. The zero-order valence-electron chi connectivity index (χ0n) is 14.7. The number of amides is 1. The predicted molar refractivity (Wildman–Crippen MR) is 92.2 cm³/mol. The van der Waals surface area contributed by atoms with Crippen molar-refractivity contribution >= 4 is 5.91 Å². The summed E-state index contributed by atoms with van der Waals surface area (Å²) in [5, 5.41) is 19.8. The Morgan fingerprint density at radius 3 is 2.80 bits per heavy atom. The third kappa shape index (κ3) is 3.82. The maximum atomic E-state index is 12.6. The molecule has 0 bridgehead atoms. The molecule has 134 valence electrons. The number of aromatic nitrogens is 3. The number of aromatic amines is 1. The lowest BCUT2D eigenvalue weighted by Crippen LogP contribution is -2.42. The molecule has 2 aromatic rings. The molecule has 7 nitrogen and oxygen atoms in total. The van der Waals surface area contributed by atoms with Crippen LogP contribution in [0.25, 0.3) is 0 Å². The molecule has 0 saturated heterocycles. The van der Waals surface area contributed by atoms with E-state index < -0.39 is 0 Å². The molecular weight excluding hydrogens is 320 g/mol. The van der Waals surface area contributed by atoms with E-state index in [9.17, 15) is 9.90 Å². The van der Waals surface area contributed by atoms with Gasteiger partial charge in [-0.2, -0.15) is 5.10 Å². The number of hydrogen-bond acceptors (Lipinski definition) is 5. The first-order valence-electron chi connectivity index (χ1n) is 8.44. The van der Waals surface area contributed by atoms with Crippen molar-refractivity contribution in [2.45, 2.75) is 45.3 Å². The molecule has 0 aliphatic heterocycles. The fourth-order valence-corrected chi connectivity index (χ4v) is 3.31. The van der Waals surface area contributed by atoms with E-state index in [1.807, 2.05) is 19.9 Å². The van der Waals surface area contributed by atoms with E-state index in [1.54, 1.807) is 19.5 Å². The van der Waals surface area contributed by atoms with Crippen LogP contribution in [0.15, 0.2) is 18.5 Å². The van der Waals surface area contributed by atoms with E-state index in [-0.39, 0.29) is 30.4 Å². The van der Waals surface area contributed by atoms with Gasteiger partial charge in [-0.3, -0.25) is 14.9 Å². The van der Waals surface area contributed by atoms with Crippen LogP contribution >= 0.6 is 0 Å². The van der Waals surface area contributed by atoms with E-state index in [2.05, 4.69) is 20.5 Å². The summed E-state index contributed by atoms with van der Waals surface area (Å²) >= 11 is 0. The number of ether oxygens (including phenoxy) is 1. The number of pyridine rings is 1. The van der Waals surface area contributed by atoms with Gasteiger partial charge in [0.05, 0.1) is 37.6 Å². The summed E-state index contributed by atoms with van der Waals surface area (Å²) in [5.74, 6) is 0.777. The Hall–Kier alpha value is -2.41. The third-order valence-electron chi connectivity index (χ3n) is 4.88. The SMILES string of the molecule is COc1cncc([C@H](NC(=O)Cc2c(C)n[nH]c2C)C2CC(O)C2)c1. The molecule has 25 heavy (non-hydrogen) atoms. The van der Waals surface area contributed by atoms with E-state index in [4.69, 9.17) is 4.74 Å². The second-order valence-electron chi connectivity index (χ2n) is 6.68. The van der Waals surface area contributed by atoms with Crippen molar-refractivity contribution in [3.05, 3.63) is 41.0 Å². The van der Waals surface area contributed by atoms with Crippen molar-refractivity contribution in [3.8, 4) is 5.75 Å². The van der Waals surface area contributed by atoms with Gasteiger partial charge in [0.2, 0.25) is 5.91 Å². The number of carbonyl (C=O) groups excluding carboxylic acids is 1. The molecule has 1 fully saturated rings. The first-order chi connectivity index (χ1) is 12.0. The summed E-state index contributed by atoms with van der Waals surface area (Å²) in [4.78, 5) is 16.8. The Balaban J connectivity index is 1.76. The maximum absolute atomic E-state index is 12.6. The highest BCUT2D eigenvalue weighted by Gasteiger charge is 2.36. The second-order valence-corrected chi connectivity index (χ2v) is 6.68. The first-order valence-corrected chi connectivity index (χ1v) is 8.44. The van der Waals surface area contributed by atoms with Crippen molar-refractivity contribution in [3.63, 3.8) is 0 Å². The van der Waals surface area contributed by atoms with Crippen molar-refractivity contribution in [2.75, 3.05) is 7.11 Å². The number of aliphatic hydroxyl groups excluding tert-OH is 1. The predicted octanol–water partition coefficient (Wildman–Crippen LogP) is 1.60. The summed E-state index contributed by atoms with van der Waals surface area (Å²) in [6, 6.07) is 1.70. The summed E-state index contributed by atoms with van der Waals surface area (Å²) in [7, 11) is 1.59.